The van der Waals surface area contributed by atoms with E-state index in [0.29, 0.717) is 0 Å². The number of hydrogen-bond donors (Lipinski definition) is 0. The van der Waals surface area contributed by atoms with E-state index in [0.717, 1.165) is 0 Å². The Morgan fingerprint density at radius 2 is 1.71 bits per heavy atom. The molecule has 0 aromatic heterocycles. The van der Waals surface area contributed by atoms with E-state index in [2.05, 4.69) is 68.1 Å². The molecular formula is C21H24. The Kier molecular flexibility index (Phi) is 6.42. The molecule has 0 nitrogen and oxygen atoms in total. The molecule has 108 valence electrons. The Hall–Kier alpha value is -2.34. The Balaban J connectivity index is 0.00000220. The third kappa shape index (κ3) is 4.32. The molecule has 0 bridgehead atoms. The monoisotopic (exact) mass is 276 g/mol. The molecule has 0 aliphatic rings. The Morgan fingerprint density at radius 3 is 2.33 bits per heavy atom. The number of rotatable bonds is 4. The molecule has 0 unspecified atom stereocenters. The normalized spacial score (nSPS) is 11.2. The summed E-state index contributed by atoms with van der Waals surface area (Å²) < 4.78 is 0. The smallest absolute Gasteiger partial charge is 0.0175 e. The molecule has 21 heavy (non-hydrogen) atoms. The molecule has 0 saturated carbocycles. The van der Waals surface area contributed by atoms with Crippen molar-refractivity contribution in [3.05, 3.63) is 90.5 Å². The first-order chi connectivity index (χ1) is 9.74. The van der Waals surface area contributed by atoms with Gasteiger partial charge < -0.3 is 0 Å². The van der Waals surface area contributed by atoms with E-state index in [-0.39, 0.29) is 7.43 Å². The fraction of sp³-hybridized carbons (Fsp3) is 0.143. The summed E-state index contributed by atoms with van der Waals surface area (Å²) in [5.41, 5.74) is 6.17. The molecule has 2 aromatic carbocycles. The standard InChI is InChI=1S/C20H20.CH4/c1-4-9-17(10-5-2)19-13-16(3)14-20(15-19)18-11-7-6-8-12-18;/h4-15H,1H2,2-3H3;1H4/b10-5-,17-9+;. The van der Waals surface area contributed by atoms with E-state index in [1.165, 1.54) is 27.8 Å². The highest BCUT2D eigenvalue weighted by Gasteiger charge is 2.03. The zero-order valence-electron chi connectivity index (χ0n) is 12.1. The largest absolute Gasteiger partial charge is 0.0990 e. The molecule has 2 rings (SSSR count). The third-order valence-electron chi connectivity index (χ3n) is 3.16. The molecule has 0 aliphatic carbocycles. The van der Waals surface area contributed by atoms with E-state index >= 15 is 0 Å². The fourth-order valence-electron chi connectivity index (χ4n) is 2.30. The quantitative estimate of drug-likeness (QED) is 0.563. The van der Waals surface area contributed by atoms with E-state index < -0.39 is 0 Å². The second kappa shape index (κ2) is 8.06. The van der Waals surface area contributed by atoms with Gasteiger partial charge in [0.05, 0.1) is 0 Å². The first-order valence-electron chi connectivity index (χ1n) is 6.87. The van der Waals surface area contributed by atoms with Crippen LogP contribution in [0.15, 0.2) is 79.4 Å². The van der Waals surface area contributed by atoms with Crippen LogP contribution in [-0.2, 0) is 0 Å². The first-order valence-corrected chi connectivity index (χ1v) is 6.87. The molecular weight excluding hydrogens is 252 g/mol. The van der Waals surface area contributed by atoms with Crippen molar-refractivity contribution < 1.29 is 0 Å². The van der Waals surface area contributed by atoms with Gasteiger partial charge in [-0.25, -0.2) is 0 Å². The number of allylic oxidation sites excluding steroid dienone is 5. The molecule has 0 heterocycles. The van der Waals surface area contributed by atoms with Crippen molar-refractivity contribution in [2.45, 2.75) is 21.3 Å². The predicted molar refractivity (Wildman–Crippen MR) is 96.3 cm³/mol. The maximum absolute atomic E-state index is 3.80. The van der Waals surface area contributed by atoms with Gasteiger partial charge in [-0.3, -0.25) is 0 Å². The van der Waals surface area contributed by atoms with Crippen LogP contribution < -0.4 is 0 Å². The van der Waals surface area contributed by atoms with Gasteiger partial charge in [-0.15, -0.1) is 0 Å². The minimum absolute atomic E-state index is 0. The minimum atomic E-state index is 0. The summed E-state index contributed by atoms with van der Waals surface area (Å²) in [7, 11) is 0. The lowest BCUT2D eigenvalue weighted by molar-refractivity contribution is 1.44. The zero-order valence-corrected chi connectivity index (χ0v) is 12.1. The van der Waals surface area contributed by atoms with Crippen LogP contribution in [0.5, 0.6) is 0 Å². The lowest BCUT2D eigenvalue weighted by atomic mass is 9.96. The number of benzene rings is 2. The van der Waals surface area contributed by atoms with E-state index in [1.54, 1.807) is 0 Å². The fourth-order valence-corrected chi connectivity index (χ4v) is 2.30. The molecule has 0 amide bonds. The molecule has 0 fully saturated rings. The summed E-state index contributed by atoms with van der Waals surface area (Å²) >= 11 is 0. The molecule has 2 aromatic rings. The number of hydrogen-bond acceptors (Lipinski definition) is 0. The van der Waals surface area contributed by atoms with E-state index in [9.17, 15) is 0 Å². The summed E-state index contributed by atoms with van der Waals surface area (Å²) in [4.78, 5) is 0. The molecule has 0 aliphatic heterocycles. The summed E-state index contributed by atoms with van der Waals surface area (Å²) in [5.74, 6) is 0. The number of aryl methyl sites for hydroxylation is 1. The highest BCUT2D eigenvalue weighted by Crippen LogP contribution is 2.26. The average Bonchev–Trinajstić information content (AvgIpc) is 2.47. The Morgan fingerprint density at radius 1 is 1.00 bits per heavy atom. The van der Waals surface area contributed by atoms with Crippen molar-refractivity contribution in [1.29, 1.82) is 0 Å². The van der Waals surface area contributed by atoms with Gasteiger partial charge in [-0.05, 0) is 47.7 Å². The van der Waals surface area contributed by atoms with Gasteiger partial charge in [0.15, 0.2) is 0 Å². The maximum atomic E-state index is 3.80. The molecule has 0 N–H and O–H groups in total. The lowest BCUT2D eigenvalue weighted by Gasteiger charge is -2.09. The minimum Gasteiger partial charge on any atom is -0.0990 e. The highest BCUT2D eigenvalue weighted by atomic mass is 14.1. The van der Waals surface area contributed by atoms with Gasteiger partial charge in [0, 0.05) is 0 Å². The Labute approximate surface area is 129 Å². The molecule has 0 heteroatoms. The van der Waals surface area contributed by atoms with Crippen molar-refractivity contribution in [3.8, 4) is 11.1 Å². The molecule has 0 atom stereocenters. The van der Waals surface area contributed by atoms with Crippen LogP contribution in [0.3, 0.4) is 0 Å². The van der Waals surface area contributed by atoms with Crippen LogP contribution in [0, 0.1) is 6.92 Å². The topological polar surface area (TPSA) is 0 Å². The Bertz CT molecular complexity index is 643. The molecule has 0 spiro atoms. The lowest BCUT2D eigenvalue weighted by Crippen LogP contribution is -1.86. The van der Waals surface area contributed by atoms with Crippen molar-refractivity contribution in [3.63, 3.8) is 0 Å². The van der Waals surface area contributed by atoms with Crippen LogP contribution in [0.4, 0.5) is 0 Å². The SMILES string of the molecule is C.C=C/C=C(\C=C/C)c1cc(C)cc(-c2ccccc2)c1. The zero-order chi connectivity index (χ0) is 14.4. The van der Waals surface area contributed by atoms with Gasteiger partial charge in [0.1, 0.15) is 0 Å². The van der Waals surface area contributed by atoms with Crippen molar-refractivity contribution in [2.24, 2.45) is 0 Å². The second-order valence-electron chi connectivity index (χ2n) is 4.81. The summed E-state index contributed by atoms with van der Waals surface area (Å²) in [6.45, 7) is 7.97. The van der Waals surface area contributed by atoms with Crippen molar-refractivity contribution in [1.82, 2.24) is 0 Å². The van der Waals surface area contributed by atoms with E-state index in [1.807, 2.05) is 25.1 Å². The third-order valence-corrected chi connectivity index (χ3v) is 3.16. The van der Waals surface area contributed by atoms with Crippen LogP contribution in [-0.4, -0.2) is 0 Å². The van der Waals surface area contributed by atoms with Crippen LogP contribution >= 0.6 is 0 Å². The summed E-state index contributed by atoms with van der Waals surface area (Å²) in [5, 5.41) is 0. The van der Waals surface area contributed by atoms with Gasteiger partial charge in [-0.1, -0.05) is 80.8 Å². The highest BCUT2D eigenvalue weighted by molar-refractivity contribution is 5.79. The first kappa shape index (κ1) is 16.7. The van der Waals surface area contributed by atoms with Crippen LogP contribution in [0.1, 0.15) is 25.5 Å². The van der Waals surface area contributed by atoms with Crippen molar-refractivity contribution >= 4 is 5.57 Å². The predicted octanol–water partition coefficient (Wildman–Crippen LogP) is 6.44. The van der Waals surface area contributed by atoms with Gasteiger partial charge >= 0.3 is 0 Å². The molecule has 0 saturated heterocycles. The van der Waals surface area contributed by atoms with Gasteiger partial charge in [0.2, 0.25) is 0 Å². The van der Waals surface area contributed by atoms with Gasteiger partial charge in [-0.2, -0.15) is 0 Å². The summed E-state index contributed by atoms with van der Waals surface area (Å²) in [6, 6.07) is 17.1. The average molecular weight is 276 g/mol. The summed E-state index contributed by atoms with van der Waals surface area (Å²) in [6.07, 6.45) is 8.05. The van der Waals surface area contributed by atoms with Crippen LogP contribution in [0.2, 0.25) is 0 Å². The maximum Gasteiger partial charge on any atom is -0.0175 e. The van der Waals surface area contributed by atoms with Gasteiger partial charge in [0.25, 0.3) is 0 Å². The molecule has 0 radical (unpaired) electrons. The second-order valence-corrected chi connectivity index (χ2v) is 4.81. The van der Waals surface area contributed by atoms with Crippen LogP contribution in [0.25, 0.3) is 16.7 Å². The van der Waals surface area contributed by atoms with E-state index in [4.69, 9.17) is 0 Å². The van der Waals surface area contributed by atoms with Crippen molar-refractivity contribution in [2.75, 3.05) is 0 Å².